The maximum absolute atomic E-state index is 12.9. The third-order valence-corrected chi connectivity index (χ3v) is 6.07. The Kier molecular flexibility index (Phi) is 4.25. The van der Waals surface area contributed by atoms with Gasteiger partial charge in [-0.05, 0) is 55.4 Å². The average Bonchev–Trinajstić information content (AvgIpc) is 2.89. The Balaban J connectivity index is 1.51. The van der Waals surface area contributed by atoms with Gasteiger partial charge in [0.25, 0.3) is 0 Å². The fourth-order valence-corrected chi connectivity index (χ4v) is 4.88. The van der Waals surface area contributed by atoms with Gasteiger partial charge in [-0.15, -0.1) is 0 Å². The Morgan fingerprint density at radius 3 is 2.83 bits per heavy atom. The average molecular weight is 347 g/mol. The number of halogens is 1. The summed E-state index contributed by atoms with van der Waals surface area (Å²) >= 11 is 6.02. The van der Waals surface area contributed by atoms with E-state index in [0.29, 0.717) is 23.4 Å². The number of anilines is 1. The second kappa shape index (κ2) is 6.40. The van der Waals surface area contributed by atoms with Crippen LogP contribution in [0.2, 0.25) is 5.02 Å². The third kappa shape index (κ3) is 2.81. The molecule has 1 saturated carbocycles. The molecule has 2 aliphatic heterocycles. The van der Waals surface area contributed by atoms with E-state index in [9.17, 15) is 9.59 Å². The maximum atomic E-state index is 12.9. The van der Waals surface area contributed by atoms with Gasteiger partial charge >= 0.3 is 0 Å². The highest BCUT2D eigenvalue weighted by Crippen LogP contribution is 2.36. The fraction of sp³-hybridized carbons (Fsp3) is 0.579. The molecule has 4 nitrogen and oxygen atoms in total. The van der Waals surface area contributed by atoms with Crippen molar-refractivity contribution >= 4 is 29.1 Å². The Labute approximate surface area is 147 Å². The Hall–Kier alpha value is -1.55. The Morgan fingerprint density at radius 1 is 1.17 bits per heavy atom. The molecule has 0 bridgehead atoms. The van der Waals surface area contributed by atoms with Gasteiger partial charge in [-0.25, -0.2) is 0 Å². The van der Waals surface area contributed by atoms with Crippen molar-refractivity contribution in [2.75, 3.05) is 18.0 Å². The predicted octanol–water partition coefficient (Wildman–Crippen LogP) is 3.41. The minimum absolute atomic E-state index is 0.00202. The van der Waals surface area contributed by atoms with E-state index in [2.05, 4.69) is 4.90 Å². The van der Waals surface area contributed by atoms with Crippen LogP contribution < -0.4 is 4.90 Å². The van der Waals surface area contributed by atoms with Crippen LogP contribution in [0.4, 0.5) is 5.69 Å². The zero-order chi connectivity index (χ0) is 16.7. The topological polar surface area (TPSA) is 40.6 Å². The summed E-state index contributed by atoms with van der Waals surface area (Å²) in [6.45, 7) is 1.01. The number of carbonyl (C=O) groups excluding carboxylic acids is 2. The molecule has 2 fully saturated rings. The van der Waals surface area contributed by atoms with E-state index in [-0.39, 0.29) is 18.4 Å². The van der Waals surface area contributed by atoms with Gasteiger partial charge in [-0.1, -0.05) is 24.4 Å². The van der Waals surface area contributed by atoms with Crippen molar-refractivity contribution in [1.82, 2.24) is 4.90 Å². The van der Waals surface area contributed by atoms with Crippen molar-refractivity contribution in [3.8, 4) is 0 Å². The highest BCUT2D eigenvalue weighted by molar-refractivity contribution is 6.31. The van der Waals surface area contributed by atoms with E-state index in [1.807, 2.05) is 12.1 Å². The summed E-state index contributed by atoms with van der Waals surface area (Å²) < 4.78 is 0. The molecular formula is C19H23ClN2O2. The lowest BCUT2D eigenvalue weighted by molar-refractivity contribution is -0.137. The van der Waals surface area contributed by atoms with Crippen molar-refractivity contribution in [3.05, 3.63) is 28.8 Å². The number of carbonyl (C=O) groups is 2. The first kappa shape index (κ1) is 15.9. The Bertz CT molecular complexity index is 673. The number of benzene rings is 1. The lowest BCUT2D eigenvalue weighted by Gasteiger charge is -2.44. The van der Waals surface area contributed by atoms with Crippen LogP contribution in [0.1, 0.15) is 44.1 Å². The van der Waals surface area contributed by atoms with Crippen molar-refractivity contribution < 1.29 is 9.59 Å². The largest absolute Gasteiger partial charge is 0.338 e. The van der Waals surface area contributed by atoms with Crippen LogP contribution in [0.5, 0.6) is 0 Å². The maximum Gasteiger partial charge on any atom is 0.242 e. The molecule has 24 heavy (non-hydrogen) atoms. The lowest BCUT2D eigenvalue weighted by atomic mass is 9.78. The minimum Gasteiger partial charge on any atom is -0.338 e. The lowest BCUT2D eigenvalue weighted by Crippen LogP contribution is -2.52. The van der Waals surface area contributed by atoms with Crippen LogP contribution in [0, 0.1) is 5.92 Å². The first-order chi connectivity index (χ1) is 11.6. The van der Waals surface area contributed by atoms with E-state index in [0.717, 1.165) is 30.6 Å². The first-order valence-electron chi connectivity index (χ1n) is 9.02. The van der Waals surface area contributed by atoms with Gasteiger partial charge in [0.1, 0.15) is 6.54 Å². The summed E-state index contributed by atoms with van der Waals surface area (Å²) in [5, 5.41) is 0.635. The van der Waals surface area contributed by atoms with E-state index < -0.39 is 0 Å². The summed E-state index contributed by atoms with van der Waals surface area (Å²) in [7, 11) is 0. The van der Waals surface area contributed by atoms with Gasteiger partial charge in [-0.2, -0.15) is 0 Å². The SMILES string of the molecule is O=C1Cc2cc(Cl)ccc2N1CC(=O)N1CCCC2CCCCC21. The molecule has 0 radical (unpaired) electrons. The molecule has 1 saturated heterocycles. The summed E-state index contributed by atoms with van der Waals surface area (Å²) in [6.07, 6.45) is 7.56. The number of nitrogens with zero attached hydrogens (tertiary/aromatic N) is 2. The van der Waals surface area contributed by atoms with Crippen LogP contribution in [0.15, 0.2) is 18.2 Å². The third-order valence-electron chi connectivity index (χ3n) is 5.83. The molecule has 2 atom stereocenters. The number of hydrogen-bond acceptors (Lipinski definition) is 2. The van der Waals surface area contributed by atoms with Gasteiger partial charge in [0.05, 0.1) is 6.42 Å². The van der Waals surface area contributed by atoms with Crippen LogP contribution in [-0.2, 0) is 16.0 Å². The van der Waals surface area contributed by atoms with Gasteiger partial charge < -0.3 is 9.80 Å². The van der Waals surface area contributed by atoms with Crippen molar-refractivity contribution in [2.45, 2.75) is 51.0 Å². The zero-order valence-electron chi connectivity index (χ0n) is 13.8. The predicted molar refractivity (Wildman–Crippen MR) is 94.2 cm³/mol. The van der Waals surface area contributed by atoms with Crippen LogP contribution in [0.3, 0.4) is 0 Å². The second-order valence-corrected chi connectivity index (χ2v) is 7.71. The summed E-state index contributed by atoms with van der Waals surface area (Å²) in [5.74, 6) is 0.761. The van der Waals surface area contributed by atoms with Crippen molar-refractivity contribution in [3.63, 3.8) is 0 Å². The quantitative estimate of drug-likeness (QED) is 0.823. The monoisotopic (exact) mass is 346 g/mol. The van der Waals surface area contributed by atoms with E-state index in [4.69, 9.17) is 11.6 Å². The molecule has 5 heteroatoms. The number of likely N-dealkylation sites (tertiary alicyclic amines) is 1. The molecule has 128 valence electrons. The minimum atomic E-state index is -0.00202. The Morgan fingerprint density at radius 2 is 1.96 bits per heavy atom. The molecule has 2 amide bonds. The standard InChI is InChI=1S/C19H23ClN2O2/c20-15-7-8-17-14(10-15)11-18(23)22(17)12-19(24)21-9-3-5-13-4-1-2-6-16(13)21/h7-8,10,13,16H,1-6,9,11-12H2. The fourth-order valence-electron chi connectivity index (χ4n) is 4.69. The van der Waals surface area contributed by atoms with Gasteiger partial charge in [0.2, 0.25) is 11.8 Å². The molecule has 0 spiro atoms. The molecule has 1 aromatic rings. The molecule has 0 aromatic heterocycles. The smallest absolute Gasteiger partial charge is 0.242 e. The van der Waals surface area contributed by atoms with Gasteiger partial charge in [0, 0.05) is 23.3 Å². The number of amides is 2. The number of piperidine rings is 1. The van der Waals surface area contributed by atoms with Crippen molar-refractivity contribution in [1.29, 1.82) is 0 Å². The molecule has 2 heterocycles. The molecular weight excluding hydrogens is 324 g/mol. The second-order valence-electron chi connectivity index (χ2n) is 7.27. The molecule has 4 rings (SSSR count). The molecule has 3 aliphatic rings. The van der Waals surface area contributed by atoms with Crippen LogP contribution in [0.25, 0.3) is 0 Å². The molecule has 0 N–H and O–H groups in total. The van der Waals surface area contributed by atoms with E-state index in [1.165, 1.54) is 25.7 Å². The summed E-state index contributed by atoms with van der Waals surface area (Å²) in [4.78, 5) is 29.0. The highest BCUT2D eigenvalue weighted by atomic mass is 35.5. The van der Waals surface area contributed by atoms with E-state index in [1.54, 1.807) is 11.0 Å². The van der Waals surface area contributed by atoms with Gasteiger partial charge in [-0.3, -0.25) is 9.59 Å². The number of fused-ring (bicyclic) bond motifs is 2. The van der Waals surface area contributed by atoms with Crippen LogP contribution in [-0.4, -0.2) is 35.8 Å². The highest BCUT2D eigenvalue weighted by Gasteiger charge is 2.37. The number of rotatable bonds is 2. The zero-order valence-corrected chi connectivity index (χ0v) is 14.6. The molecule has 1 aromatic carbocycles. The van der Waals surface area contributed by atoms with Gasteiger partial charge in [0.15, 0.2) is 0 Å². The summed E-state index contributed by atoms with van der Waals surface area (Å²) in [5.41, 5.74) is 1.77. The van der Waals surface area contributed by atoms with Crippen LogP contribution >= 0.6 is 11.6 Å². The van der Waals surface area contributed by atoms with Crippen molar-refractivity contribution in [2.24, 2.45) is 5.92 Å². The molecule has 2 unspecified atom stereocenters. The molecule has 1 aliphatic carbocycles. The first-order valence-corrected chi connectivity index (χ1v) is 9.39. The summed E-state index contributed by atoms with van der Waals surface area (Å²) in [6, 6.07) is 5.86. The normalized spacial score (nSPS) is 26.3. The number of hydrogen-bond donors (Lipinski definition) is 0. The van der Waals surface area contributed by atoms with E-state index >= 15 is 0 Å².